The molecule has 8 heteroatoms. The van der Waals surface area contributed by atoms with Crippen LogP contribution in [0.2, 0.25) is 0 Å². The molecular formula is C13H17N3O5. The molecule has 1 aromatic carbocycles. The lowest BCUT2D eigenvalue weighted by atomic mass is 10.2. The molecular weight excluding hydrogens is 278 g/mol. The van der Waals surface area contributed by atoms with E-state index in [2.05, 4.69) is 10.6 Å². The molecule has 0 radical (unpaired) electrons. The van der Waals surface area contributed by atoms with Gasteiger partial charge in [-0.05, 0) is 25.1 Å². The fourth-order valence-corrected chi connectivity index (χ4v) is 1.43. The Bertz CT molecular complexity index is 559. The number of carboxylic acid groups (broad SMARTS) is 1. The molecule has 0 heterocycles. The number of aromatic hydroxyl groups is 1. The molecule has 8 nitrogen and oxygen atoms in total. The molecule has 0 spiro atoms. The van der Waals surface area contributed by atoms with Crippen molar-refractivity contribution < 1.29 is 24.6 Å². The van der Waals surface area contributed by atoms with E-state index < -0.39 is 17.7 Å². The number of nitrogens with zero attached hydrogens (tertiary/aromatic N) is 1. The number of anilines is 1. The normalized spacial score (nSPS) is 9.81. The zero-order valence-electron chi connectivity index (χ0n) is 11.7. The summed E-state index contributed by atoms with van der Waals surface area (Å²) in [7, 11) is 1.61. The van der Waals surface area contributed by atoms with E-state index >= 15 is 0 Å². The number of nitrogens with one attached hydrogen (secondary N) is 2. The maximum Gasteiger partial charge on any atom is 0.339 e. The molecule has 21 heavy (non-hydrogen) atoms. The number of amides is 3. The van der Waals surface area contributed by atoms with Crippen LogP contribution in [0.1, 0.15) is 17.3 Å². The molecule has 0 unspecified atom stereocenters. The van der Waals surface area contributed by atoms with Crippen LogP contribution < -0.4 is 10.6 Å². The third-order valence-electron chi connectivity index (χ3n) is 2.79. The van der Waals surface area contributed by atoms with Gasteiger partial charge in [0.05, 0.1) is 6.54 Å². The van der Waals surface area contributed by atoms with Gasteiger partial charge in [-0.15, -0.1) is 0 Å². The van der Waals surface area contributed by atoms with E-state index in [1.165, 1.54) is 11.0 Å². The molecule has 1 aromatic rings. The van der Waals surface area contributed by atoms with Gasteiger partial charge in [-0.1, -0.05) is 0 Å². The molecule has 0 aliphatic rings. The van der Waals surface area contributed by atoms with E-state index in [1.54, 1.807) is 7.05 Å². The summed E-state index contributed by atoms with van der Waals surface area (Å²) in [4.78, 5) is 35.4. The highest BCUT2D eigenvalue weighted by atomic mass is 16.4. The Hall–Kier alpha value is -2.77. The summed E-state index contributed by atoms with van der Waals surface area (Å²) in [6, 6.07) is 2.99. The van der Waals surface area contributed by atoms with Crippen LogP contribution in [0, 0.1) is 0 Å². The van der Waals surface area contributed by atoms with Gasteiger partial charge < -0.3 is 25.7 Å². The second-order valence-corrected chi connectivity index (χ2v) is 4.25. The van der Waals surface area contributed by atoms with Gasteiger partial charge in [-0.25, -0.2) is 9.59 Å². The second-order valence-electron chi connectivity index (χ2n) is 4.25. The molecule has 0 atom stereocenters. The molecule has 3 amide bonds. The van der Waals surface area contributed by atoms with Crippen LogP contribution in [0.5, 0.6) is 5.75 Å². The van der Waals surface area contributed by atoms with Crippen LogP contribution >= 0.6 is 0 Å². The van der Waals surface area contributed by atoms with Gasteiger partial charge in [-0.2, -0.15) is 0 Å². The molecule has 0 bridgehead atoms. The Morgan fingerprint density at radius 2 is 1.95 bits per heavy atom. The molecule has 0 aliphatic heterocycles. The van der Waals surface area contributed by atoms with Crippen LogP contribution in [0.25, 0.3) is 0 Å². The van der Waals surface area contributed by atoms with Gasteiger partial charge in [0.25, 0.3) is 0 Å². The SMILES string of the molecule is CCN(C)C(=O)CNC(=O)Nc1ccc(O)c(C(=O)O)c1. The van der Waals surface area contributed by atoms with Crippen molar-refractivity contribution in [3.05, 3.63) is 23.8 Å². The van der Waals surface area contributed by atoms with Crippen molar-refractivity contribution >= 4 is 23.6 Å². The van der Waals surface area contributed by atoms with Gasteiger partial charge >= 0.3 is 12.0 Å². The van der Waals surface area contributed by atoms with E-state index in [1.807, 2.05) is 6.92 Å². The predicted octanol–water partition coefficient (Wildman–Crippen LogP) is 0.690. The first kappa shape index (κ1) is 16.3. The van der Waals surface area contributed by atoms with Crippen molar-refractivity contribution in [1.29, 1.82) is 0 Å². The van der Waals surface area contributed by atoms with Crippen LogP contribution in [0.15, 0.2) is 18.2 Å². The summed E-state index contributed by atoms with van der Waals surface area (Å²) in [5, 5.41) is 22.9. The van der Waals surface area contributed by atoms with Crippen molar-refractivity contribution in [3.8, 4) is 5.75 Å². The molecule has 1 rings (SSSR count). The molecule has 0 saturated heterocycles. The van der Waals surface area contributed by atoms with Crippen LogP contribution in [0.4, 0.5) is 10.5 Å². The Kier molecular flexibility index (Phi) is 5.53. The van der Waals surface area contributed by atoms with Gasteiger partial charge in [0.1, 0.15) is 11.3 Å². The number of carbonyl (C=O) groups excluding carboxylic acids is 2. The monoisotopic (exact) mass is 295 g/mol. The Balaban J connectivity index is 2.61. The topological polar surface area (TPSA) is 119 Å². The largest absolute Gasteiger partial charge is 0.507 e. The minimum Gasteiger partial charge on any atom is -0.507 e. The third-order valence-corrected chi connectivity index (χ3v) is 2.79. The van der Waals surface area contributed by atoms with Crippen molar-refractivity contribution in [2.75, 3.05) is 25.5 Å². The zero-order valence-corrected chi connectivity index (χ0v) is 11.7. The number of rotatable bonds is 5. The van der Waals surface area contributed by atoms with Gasteiger partial charge in [-0.3, -0.25) is 4.79 Å². The van der Waals surface area contributed by atoms with E-state index in [4.69, 9.17) is 5.11 Å². The summed E-state index contributed by atoms with van der Waals surface area (Å²) < 4.78 is 0. The first-order valence-corrected chi connectivity index (χ1v) is 6.20. The quantitative estimate of drug-likeness (QED) is 0.596. The lowest BCUT2D eigenvalue weighted by Gasteiger charge is -2.15. The molecule has 0 fully saturated rings. The number of carbonyl (C=O) groups is 3. The number of hydrogen-bond donors (Lipinski definition) is 4. The fourth-order valence-electron chi connectivity index (χ4n) is 1.43. The number of urea groups is 1. The number of benzene rings is 1. The summed E-state index contributed by atoms with van der Waals surface area (Å²) in [5.74, 6) is -1.95. The lowest BCUT2D eigenvalue weighted by molar-refractivity contribution is -0.128. The van der Waals surface area contributed by atoms with Gasteiger partial charge in [0, 0.05) is 19.3 Å². The number of phenols is 1. The van der Waals surface area contributed by atoms with Crippen molar-refractivity contribution in [1.82, 2.24) is 10.2 Å². The van der Waals surface area contributed by atoms with Gasteiger partial charge in [0.15, 0.2) is 0 Å². The van der Waals surface area contributed by atoms with Crippen molar-refractivity contribution in [3.63, 3.8) is 0 Å². The Morgan fingerprint density at radius 3 is 2.52 bits per heavy atom. The molecule has 0 aliphatic carbocycles. The Labute approximate surface area is 121 Å². The third kappa shape index (κ3) is 4.68. The fraction of sp³-hybridized carbons (Fsp3) is 0.308. The van der Waals surface area contributed by atoms with Gasteiger partial charge in [0.2, 0.25) is 5.91 Å². The molecule has 114 valence electrons. The van der Waals surface area contributed by atoms with E-state index in [0.717, 1.165) is 12.1 Å². The molecule has 0 aromatic heterocycles. The highest BCUT2D eigenvalue weighted by Gasteiger charge is 2.12. The highest BCUT2D eigenvalue weighted by molar-refractivity contribution is 5.96. The zero-order chi connectivity index (χ0) is 16.0. The van der Waals surface area contributed by atoms with E-state index in [-0.39, 0.29) is 23.7 Å². The summed E-state index contributed by atoms with van der Waals surface area (Å²) in [5.41, 5.74) is -0.131. The average Bonchev–Trinajstić information content (AvgIpc) is 2.45. The second kappa shape index (κ2) is 7.13. The van der Waals surface area contributed by atoms with Crippen LogP contribution in [-0.4, -0.2) is 53.2 Å². The maximum atomic E-state index is 11.6. The first-order valence-electron chi connectivity index (χ1n) is 6.20. The van der Waals surface area contributed by atoms with Crippen molar-refractivity contribution in [2.24, 2.45) is 0 Å². The molecule has 0 saturated carbocycles. The first-order chi connectivity index (χ1) is 9.85. The highest BCUT2D eigenvalue weighted by Crippen LogP contribution is 2.21. The number of aromatic carboxylic acids is 1. The maximum absolute atomic E-state index is 11.6. The summed E-state index contributed by atoms with van der Waals surface area (Å²) >= 11 is 0. The number of carboxylic acids is 1. The summed E-state index contributed by atoms with van der Waals surface area (Å²) in [6.07, 6.45) is 0. The number of hydrogen-bond acceptors (Lipinski definition) is 4. The van der Waals surface area contributed by atoms with E-state index in [9.17, 15) is 19.5 Å². The van der Waals surface area contributed by atoms with Crippen LogP contribution in [-0.2, 0) is 4.79 Å². The van der Waals surface area contributed by atoms with Crippen molar-refractivity contribution in [2.45, 2.75) is 6.92 Å². The number of likely N-dealkylation sites (N-methyl/N-ethyl adjacent to an activating group) is 1. The average molecular weight is 295 g/mol. The smallest absolute Gasteiger partial charge is 0.339 e. The molecule has 4 N–H and O–H groups in total. The minimum atomic E-state index is -1.31. The van der Waals surface area contributed by atoms with E-state index in [0.29, 0.717) is 6.54 Å². The lowest BCUT2D eigenvalue weighted by Crippen LogP contribution is -2.39. The Morgan fingerprint density at radius 1 is 1.29 bits per heavy atom. The van der Waals surface area contributed by atoms with Crippen LogP contribution in [0.3, 0.4) is 0 Å². The summed E-state index contributed by atoms with van der Waals surface area (Å²) in [6.45, 7) is 2.17. The standard InChI is InChI=1S/C13H17N3O5/c1-3-16(2)11(18)7-14-13(21)15-8-4-5-10(17)9(6-8)12(19)20/h4-6,17H,3,7H2,1-2H3,(H,19,20)(H2,14,15,21). The predicted molar refractivity (Wildman–Crippen MR) is 75.4 cm³/mol. The minimum absolute atomic E-state index is 0.167.